The first-order chi connectivity index (χ1) is 9.65. The average Bonchev–Trinajstić information content (AvgIpc) is 2.47. The minimum atomic E-state index is -0.00913. The highest BCUT2D eigenvalue weighted by molar-refractivity contribution is 6.00. The van der Waals surface area contributed by atoms with E-state index in [2.05, 4.69) is 30.3 Å². The van der Waals surface area contributed by atoms with E-state index >= 15 is 0 Å². The molecule has 0 saturated carbocycles. The normalized spacial score (nSPS) is 10.7. The molecule has 0 aliphatic rings. The first-order valence-corrected chi connectivity index (χ1v) is 6.55. The fourth-order valence-corrected chi connectivity index (χ4v) is 2.41. The molecule has 2 N–H and O–H groups in total. The highest BCUT2D eigenvalue weighted by Gasteiger charge is 2.07. The van der Waals surface area contributed by atoms with Gasteiger partial charge in [0.1, 0.15) is 0 Å². The van der Waals surface area contributed by atoms with Gasteiger partial charge in [0.2, 0.25) is 0 Å². The highest BCUT2D eigenvalue weighted by Crippen LogP contribution is 2.27. The fourth-order valence-electron chi connectivity index (χ4n) is 2.41. The molecule has 2 nitrogen and oxygen atoms in total. The SMILES string of the molecule is CC(=O)c1cc(-c2ccc3ccccc3c2)ccc1N. The Labute approximate surface area is 117 Å². The summed E-state index contributed by atoms with van der Waals surface area (Å²) in [7, 11) is 0. The lowest BCUT2D eigenvalue weighted by molar-refractivity contribution is 0.101. The van der Waals surface area contributed by atoms with Gasteiger partial charge in [0, 0.05) is 11.3 Å². The van der Waals surface area contributed by atoms with Crippen molar-refractivity contribution < 1.29 is 4.79 Å². The number of hydrogen-bond acceptors (Lipinski definition) is 2. The van der Waals surface area contributed by atoms with Crippen LogP contribution in [0.5, 0.6) is 0 Å². The Morgan fingerprint density at radius 2 is 1.50 bits per heavy atom. The summed E-state index contributed by atoms with van der Waals surface area (Å²) in [6, 6.07) is 20.1. The second kappa shape index (κ2) is 4.82. The molecule has 3 aromatic carbocycles. The van der Waals surface area contributed by atoms with Crippen LogP contribution in [0.25, 0.3) is 21.9 Å². The Morgan fingerprint density at radius 3 is 2.25 bits per heavy atom. The molecule has 0 fully saturated rings. The number of Topliss-reactive ketones (excluding diaryl/α,β-unsaturated/α-hetero) is 1. The Bertz CT molecular complexity index is 805. The zero-order valence-corrected chi connectivity index (χ0v) is 11.3. The molecule has 3 rings (SSSR count). The Kier molecular flexibility index (Phi) is 2.99. The summed E-state index contributed by atoms with van der Waals surface area (Å²) < 4.78 is 0. The van der Waals surface area contributed by atoms with E-state index in [1.807, 2.05) is 24.3 Å². The van der Waals surface area contributed by atoms with Crippen molar-refractivity contribution in [2.75, 3.05) is 5.73 Å². The molecule has 0 aromatic heterocycles. The molecule has 0 aliphatic heterocycles. The predicted octanol–water partition coefficient (Wildman–Crippen LogP) is 4.29. The maximum absolute atomic E-state index is 11.6. The van der Waals surface area contributed by atoms with Crippen LogP contribution in [-0.4, -0.2) is 5.78 Å². The van der Waals surface area contributed by atoms with E-state index < -0.39 is 0 Å². The molecule has 0 atom stereocenters. The molecule has 0 spiro atoms. The summed E-state index contributed by atoms with van der Waals surface area (Å²) >= 11 is 0. The maximum atomic E-state index is 11.6. The van der Waals surface area contributed by atoms with E-state index in [1.54, 1.807) is 6.07 Å². The number of nitrogens with two attached hydrogens (primary N) is 1. The van der Waals surface area contributed by atoms with Gasteiger partial charge in [-0.3, -0.25) is 4.79 Å². The topological polar surface area (TPSA) is 43.1 Å². The van der Waals surface area contributed by atoms with Crippen molar-refractivity contribution in [3.05, 3.63) is 66.2 Å². The molecule has 0 radical (unpaired) electrons. The zero-order valence-electron chi connectivity index (χ0n) is 11.3. The number of hydrogen-bond donors (Lipinski definition) is 1. The van der Waals surface area contributed by atoms with Crippen molar-refractivity contribution in [2.24, 2.45) is 0 Å². The van der Waals surface area contributed by atoms with Crippen LogP contribution < -0.4 is 5.73 Å². The van der Waals surface area contributed by atoms with Crippen molar-refractivity contribution in [2.45, 2.75) is 6.92 Å². The summed E-state index contributed by atoms with van der Waals surface area (Å²) in [5.41, 5.74) is 9.05. The molecule has 20 heavy (non-hydrogen) atoms. The number of anilines is 1. The molecule has 0 amide bonds. The number of rotatable bonds is 2. The number of carbonyl (C=O) groups is 1. The Balaban J connectivity index is 2.15. The average molecular weight is 261 g/mol. The lowest BCUT2D eigenvalue weighted by Crippen LogP contribution is -1.99. The summed E-state index contributed by atoms with van der Waals surface area (Å²) in [6.45, 7) is 1.54. The molecule has 0 unspecified atom stereocenters. The van der Waals surface area contributed by atoms with Crippen LogP contribution in [0, 0.1) is 0 Å². The third-order valence-electron chi connectivity index (χ3n) is 3.52. The van der Waals surface area contributed by atoms with Gasteiger partial charge in [-0.05, 0) is 47.0 Å². The maximum Gasteiger partial charge on any atom is 0.161 e. The van der Waals surface area contributed by atoms with E-state index in [0.717, 1.165) is 11.1 Å². The third-order valence-corrected chi connectivity index (χ3v) is 3.52. The molecular weight excluding hydrogens is 246 g/mol. The molecule has 2 heteroatoms. The lowest BCUT2D eigenvalue weighted by atomic mass is 9.98. The van der Waals surface area contributed by atoms with Gasteiger partial charge in [-0.1, -0.05) is 42.5 Å². The molecule has 0 saturated heterocycles. The Morgan fingerprint density at radius 1 is 0.850 bits per heavy atom. The minimum Gasteiger partial charge on any atom is -0.398 e. The van der Waals surface area contributed by atoms with Crippen molar-refractivity contribution in [1.29, 1.82) is 0 Å². The highest BCUT2D eigenvalue weighted by atomic mass is 16.1. The number of carbonyl (C=O) groups excluding carboxylic acids is 1. The van der Waals surface area contributed by atoms with Crippen molar-refractivity contribution in [3.8, 4) is 11.1 Å². The van der Waals surface area contributed by atoms with Crippen LogP contribution in [0.1, 0.15) is 17.3 Å². The van der Waals surface area contributed by atoms with Gasteiger partial charge in [0.15, 0.2) is 5.78 Å². The van der Waals surface area contributed by atoms with E-state index in [-0.39, 0.29) is 5.78 Å². The molecule has 0 heterocycles. The first-order valence-electron chi connectivity index (χ1n) is 6.55. The largest absolute Gasteiger partial charge is 0.398 e. The van der Waals surface area contributed by atoms with Gasteiger partial charge in [0.25, 0.3) is 0 Å². The smallest absolute Gasteiger partial charge is 0.161 e. The van der Waals surface area contributed by atoms with Crippen LogP contribution in [0.3, 0.4) is 0 Å². The molecule has 3 aromatic rings. The molecular formula is C18H15NO. The van der Waals surface area contributed by atoms with Gasteiger partial charge in [-0.2, -0.15) is 0 Å². The van der Waals surface area contributed by atoms with Gasteiger partial charge >= 0.3 is 0 Å². The van der Waals surface area contributed by atoms with Crippen LogP contribution in [0.2, 0.25) is 0 Å². The van der Waals surface area contributed by atoms with Gasteiger partial charge < -0.3 is 5.73 Å². The number of ketones is 1. The number of nitrogen functional groups attached to an aromatic ring is 1. The van der Waals surface area contributed by atoms with Gasteiger partial charge in [0.05, 0.1) is 0 Å². The molecule has 0 aliphatic carbocycles. The minimum absolute atomic E-state index is 0.00913. The van der Waals surface area contributed by atoms with Gasteiger partial charge in [-0.15, -0.1) is 0 Å². The predicted molar refractivity (Wildman–Crippen MR) is 83.8 cm³/mol. The molecule has 98 valence electrons. The quantitative estimate of drug-likeness (QED) is 0.552. The Hall–Kier alpha value is -2.61. The second-order valence-corrected chi connectivity index (χ2v) is 4.92. The van der Waals surface area contributed by atoms with Crippen molar-refractivity contribution >= 4 is 22.2 Å². The van der Waals surface area contributed by atoms with Crippen LogP contribution >= 0.6 is 0 Å². The number of benzene rings is 3. The summed E-state index contributed by atoms with van der Waals surface area (Å²) in [6.07, 6.45) is 0. The summed E-state index contributed by atoms with van der Waals surface area (Å²) in [5.74, 6) is -0.00913. The van der Waals surface area contributed by atoms with Crippen molar-refractivity contribution in [1.82, 2.24) is 0 Å². The van der Waals surface area contributed by atoms with Crippen LogP contribution in [0.15, 0.2) is 60.7 Å². The fraction of sp³-hybridized carbons (Fsp3) is 0.0556. The standard InChI is InChI=1S/C18H15NO/c1-12(20)17-11-16(8-9-18(17)19)15-7-6-13-4-2-3-5-14(13)10-15/h2-11H,19H2,1H3. The lowest BCUT2D eigenvalue weighted by Gasteiger charge is -2.08. The zero-order chi connectivity index (χ0) is 14.1. The second-order valence-electron chi connectivity index (χ2n) is 4.92. The molecule has 0 bridgehead atoms. The summed E-state index contributed by atoms with van der Waals surface area (Å²) in [4.78, 5) is 11.6. The third kappa shape index (κ3) is 2.16. The van der Waals surface area contributed by atoms with Crippen LogP contribution in [0.4, 0.5) is 5.69 Å². The van der Waals surface area contributed by atoms with E-state index in [9.17, 15) is 4.79 Å². The van der Waals surface area contributed by atoms with Gasteiger partial charge in [-0.25, -0.2) is 0 Å². The first kappa shape index (κ1) is 12.4. The van der Waals surface area contributed by atoms with Crippen LogP contribution in [-0.2, 0) is 0 Å². The number of fused-ring (bicyclic) bond motifs is 1. The van der Waals surface area contributed by atoms with Crippen molar-refractivity contribution in [3.63, 3.8) is 0 Å². The van der Waals surface area contributed by atoms with E-state index in [4.69, 9.17) is 5.73 Å². The van der Waals surface area contributed by atoms with E-state index in [1.165, 1.54) is 17.7 Å². The monoisotopic (exact) mass is 261 g/mol. The van der Waals surface area contributed by atoms with E-state index in [0.29, 0.717) is 11.3 Å². The summed E-state index contributed by atoms with van der Waals surface area (Å²) in [5, 5.41) is 2.39.